The third-order valence-electron chi connectivity index (χ3n) is 1.62. The van der Waals surface area contributed by atoms with E-state index >= 15 is 0 Å². The van der Waals surface area contributed by atoms with Gasteiger partial charge in [-0.15, -0.1) is 0 Å². The molecule has 0 bridgehead atoms. The first kappa shape index (κ1) is 11.5. The molecule has 1 rings (SSSR count). The maximum atomic E-state index is 12.6. The van der Waals surface area contributed by atoms with E-state index in [9.17, 15) is 13.6 Å². The van der Waals surface area contributed by atoms with E-state index in [2.05, 4.69) is 15.4 Å². The molecule has 6 nitrogen and oxygen atoms in total. The third-order valence-corrected chi connectivity index (χ3v) is 1.62. The third kappa shape index (κ3) is 3.98. The zero-order valence-corrected chi connectivity index (χ0v) is 7.86. The Morgan fingerprint density at radius 3 is 2.87 bits per heavy atom. The molecule has 84 valence electrons. The van der Waals surface area contributed by atoms with Crippen LogP contribution in [-0.4, -0.2) is 39.7 Å². The number of rotatable bonds is 5. The fraction of sp³-hybridized carbons (Fsp3) is 0.571. The van der Waals surface area contributed by atoms with Gasteiger partial charge in [-0.3, -0.25) is 4.79 Å². The van der Waals surface area contributed by atoms with Crippen molar-refractivity contribution in [3.8, 4) is 0 Å². The molecular formula is C7H11F2N5O. The van der Waals surface area contributed by atoms with E-state index in [-0.39, 0.29) is 6.54 Å². The zero-order chi connectivity index (χ0) is 11.3. The van der Waals surface area contributed by atoms with Crippen LogP contribution >= 0.6 is 0 Å². The molecule has 15 heavy (non-hydrogen) atoms. The van der Waals surface area contributed by atoms with Crippen molar-refractivity contribution in [1.29, 1.82) is 0 Å². The Morgan fingerprint density at radius 1 is 1.60 bits per heavy atom. The summed E-state index contributed by atoms with van der Waals surface area (Å²) in [5.41, 5.74) is 4.80. The van der Waals surface area contributed by atoms with Crippen LogP contribution in [0.2, 0.25) is 0 Å². The topological polar surface area (TPSA) is 85.8 Å². The molecule has 0 aliphatic heterocycles. The Bertz CT molecular complexity index is 313. The van der Waals surface area contributed by atoms with Crippen LogP contribution in [0.1, 0.15) is 0 Å². The molecule has 0 spiro atoms. The summed E-state index contributed by atoms with van der Waals surface area (Å²) >= 11 is 0. The highest BCUT2D eigenvalue weighted by molar-refractivity contribution is 5.75. The van der Waals surface area contributed by atoms with Gasteiger partial charge in [0.1, 0.15) is 19.2 Å². The predicted octanol–water partition coefficient (Wildman–Crippen LogP) is -1.01. The summed E-state index contributed by atoms with van der Waals surface area (Å²) in [6, 6.07) is 0. The Hall–Kier alpha value is -1.57. The van der Waals surface area contributed by atoms with Gasteiger partial charge in [0.2, 0.25) is 5.91 Å². The summed E-state index contributed by atoms with van der Waals surface area (Å²) in [6.07, 6.45) is 2.57. The molecule has 1 aromatic heterocycles. The smallest absolute Gasteiger partial charge is 0.277 e. The predicted molar refractivity (Wildman–Crippen MR) is 47.0 cm³/mol. The number of nitrogens with zero attached hydrogens (tertiary/aromatic N) is 3. The highest BCUT2D eigenvalue weighted by Gasteiger charge is 2.27. The highest BCUT2D eigenvalue weighted by Crippen LogP contribution is 2.08. The van der Waals surface area contributed by atoms with Crippen LogP contribution in [0.3, 0.4) is 0 Å². The summed E-state index contributed by atoms with van der Waals surface area (Å²) in [7, 11) is 0. The van der Waals surface area contributed by atoms with Gasteiger partial charge in [0.15, 0.2) is 0 Å². The molecular weight excluding hydrogens is 208 g/mol. The van der Waals surface area contributed by atoms with Crippen LogP contribution in [0, 0.1) is 0 Å². The van der Waals surface area contributed by atoms with Gasteiger partial charge < -0.3 is 11.1 Å². The first-order chi connectivity index (χ1) is 7.03. The monoisotopic (exact) mass is 219 g/mol. The summed E-state index contributed by atoms with van der Waals surface area (Å²) in [5, 5.41) is 5.71. The van der Waals surface area contributed by atoms with E-state index in [1.807, 2.05) is 0 Å². The quantitative estimate of drug-likeness (QED) is 0.664. The molecule has 0 atom stereocenters. The Labute approximate surface area is 84.5 Å². The number of hydrogen-bond donors (Lipinski definition) is 2. The summed E-state index contributed by atoms with van der Waals surface area (Å²) in [5.74, 6) is -3.63. The van der Waals surface area contributed by atoms with E-state index in [1.54, 1.807) is 0 Å². The average Bonchev–Trinajstić information content (AvgIpc) is 2.68. The number of halogens is 2. The first-order valence-electron chi connectivity index (χ1n) is 4.20. The second kappa shape index (κ2) is 4.78. The van der Waals surface area contributed by atoms with Crippen molar-refractivity contribution in [2.45, 2.75) is 12.5 Å². The molecule has 0 saturated carbocycles. The number of carbonyl (C=O) groups excluding carboxylic acids is 1. The maximum Gasteiger partial charge on any atom is 0.277 e. The lowest BCUT2D eigenvalue weighted by Crippen LogP contribution is -2.42. The molecule has 0 radical (unpaired) electrons. The molecule has 1 aromatic rings. The largest absolute Gasteiger partial charge is 0.348 e. The van der Waals surface area contributed by atoms with Crippen molar-refractivity contribution >= 4 is 5.91 Å². The lowest BCUT2D eigenvalue weighted by Gasteiger charge is -2.14. The maximum absolute atomic E-state index is 12.6. The Morgan fingerprint density at radius 2 is 2.33 bits per heavy atom. The number of nitrogens with two attached hydrogens (primary N) is 1. The van der Waals surface area contributed by atoms with Gasteiger partial charge in [-0.05, 0) is 0 Å². The lowest BCUT2D eigenvalue weighted by molar-refractivity contribution is -0.123. The standard InChI is InChI=1S/C7H11F2N5O/c8-7(9,2-10)3-12-6(15)1-14-5-11-4-13-14/h4-5H,1-3,10H2,(H,12,15). The second-order valence-corrected chi connectivity index (χ2v) is 2.93. The number of amides is 1. The number of nitrogens with one attached hydrogen (secondary N) is 1. The first-order valence-corrected chi connectivity index (χ1v) is 4.20. The van der Waals surface area contributed by atoms with Crippen molar-refractivity contribution in [3.05, 3.63) is 12.7 Å². The number of carbonyl (C=O) groups is 1. The van der Waals surface area contributed by atoms with Gasteiger partial charge in [0, 0.05) is 0 Å². The van der Waals surface area contributed by atoms with Gasteiger partial charge in [-0.2, -0.15) is 5.10 Å². The summed E-state index contributed by atoms with van der Waals surface area (Å²) in [6.45, 7) is -1.70. The van der Waals surface area contributed by atoms with Crippen molar-refractivity contribution < 1.29 is 13.6 Å². The summed E-state index contributed by atoms with van der Waals surface area (Å²) < 4.78 is 26.5. The molecule has 3 N–H and O–H groups in total. The van der Waals surface area contributed by atoms with Gasteiger partial charge >= 0.3 is 0 Å². The van der Waals surface area contributed by atoms with Gasteiger partial charge in [0.25, 0.3) is 5.92 Å². The second-order valence-electron chi connectivity index (χ2n) is 2.93. The minimum absolute atomic E-state index is 0.138. The van der Waals surface area contributed by atoms with Crippen molar-refractivity contribution in [3.63, 3.8) is 0 Å². The molecule has 1 amide bonds. The number of aromatic nitrogens is 3. The normalized spacial score (nSPS) is 11.4. The van der Waals surface area contributed by atoms with E-state index in [4.69, 9.17) is 5.73 Å². The van der Waals surface area contributed by atoms with Crippen molar-refractivity contribution in [1.82, 2.24) is 20.1 Å². The number of alkyl halides is 2. The van der Waals surface area contributed by atoms with Crippen LogP contribution in [0.15, 0.2) is 12.7 Å². The van der Waals surface area contributed by atoms with E-state index in [1.165, 1.54) is 17.3 Å². The molecule has 8 heteroatoms. The summed E-state index contributed by atoms with van der Waals surface area (Å²) in [4.78, 5) is 14.7. The van der Waals surface area contributed by atoms with Crippen LogP contribution in [-0.2, 0) is 11.3 Å². The molecule has 0 aromatic carbocycles. The molecule has 0 aliphatic carbocycles. The molecule has 1 heterocycles. The highest BCUT2D eigenvalue weighted by atomic mass is 19.3. The Kier molecular flexibility index (Phi) is 3.67. The van der Waals surface area contributed by atoms with E-state index in [0.29, 0.717) is 0 Å². The zero-order valence-electron chi connectivity index (χ0n) is 7.86. The van der Waals surface area contributed by atoms with E-state index in [0.717, 1.165) is 0 Å². The minimum atomic E-state index is -3.07. The Balaban J connectivity index is 2.31. The van der Waals surface area contributed by atoms with Crippen LogP contribution < -0.4 is 11.1 Å². The fourth-order valence-corrected chi connectivity index (χ4v) is 0.817. The van der Waals surface area contributed by atoms with Crippen molar-refractivity contribution in [2.75, 3.05) is 13.1 Å². The molecule has 0 unspecified atom stereocenters. The van der Waals surface area contributed by atoms with Crippen LogP contribution in [0.25, 0.3) is 0 Å². The van der Waals surface area contributed by atoms with Crippen LogP contribution in [0.5, 0.6) is 0 Å². The average molecular weight is 219 g/mol. The van der Waals surface area contributed by atoms with Gasteiger partial charge in [0.05, 0.1) is 13.1 Å². The molecule has 0 saturated heterocycles. The number of hydrogen-bond acceptors (Lipinski definition) is 4. The molecule has 0 fully saturated rings. The minimum Gasteiger partial charge on any atom is -0.348 e. The molecule has 0 aliphatic rings. The van der Waals surface area contributed by atoms with Gasteiger partial charge in [-0.1, -0.05) is 0 Å². The van der Waals surface area contributed by atoms with Crippen molar-refractivity contribution in [2.24, 2.45) is 5.73 Å². The van der Waals surface area contributed by atoms with E-state index < -0.39 is 24.9 Å². The van der Waals surface area contributed by atoms with Crippen LogP contribution in [0.4, 0.5) is 8.78 Å². The lowest BCUT2D eigenvalue weighted by atomic mass is 10.3. The SMILES string of the molecule is NCC(F)(F)CNC(=O)Cn1cncn1. The van der Waals surface area contributed by atoms with Gasteiger partial charge in [-0.25, -0.2) is 18.4 Å². The fourth-order valence-electron chi connectivity index (χ4n) is 0.817.